The van der Waals surface area contributed by atoms with Crippen LogP contribution < -0.4 is 20.9 Å². The lowest BCUT2D eigenvalue weighted by Gasteiger charge is -2.37. The van der Waals surface area contributed by atoms with Crippen molar-refractivity contribution in [3.63, 3.8) is 0 Å². The van der Waals surface area contributed by atoms with Gasteiger partial charge < -0.3 is 20.9 Å². The molecule has 0 unspecified atom stereocenters. The molecule has 1 aromatic heterocycles. The SMILES string of the molecule is Cc1ccc(CNc2ncnc(N3CCN(c4ccccc4)CC3)c2N)cc1. The summed E-state index contributed by atoms with van der Waals surface area (Å²) in [4.78, 5) is 13.4. The van der Waals surface area contributed by atoms with Gasteiger partial charge in [0.1, 0.15) is 12.0 Å². The number of piperazine rings is 1. The topological polar surface area (TPSA) is 70.3 Å². The van der Waals surface area contributed by atoms with Gasteiger partial charge in [0.25, 0.3) is 0 Å². The molecule has 0 aliphatic carbocycles. The van der Waals surface area contributed by atoms with E-state index in [1.54, 1.807) is 6.33 Å². The third kappa shape index (κ3) is 4.01. The van der Waals surface area contributed by atoms with Gasteiger partial charge in [-0.25, -0.2) is 9.97 Å². The van der Waals surface area contributed by atoms with Gasteiger partial charge in [0, 0.05) is 38.4 Å². The van der Waals surface area contributed by atoms with Crippen molar-refractivity contribution >= 4 is 23.0 Å². The minimum atomic E-state index is 0.614. The molecule has 0 spiro atoms. The Morgan fingerprint density at radius 1 is 0.893 bits per heavy atom. The van der Waals surface area contributed by atoms with Crippen LogP contribution in [0.1, 0.15) is 11.1 Å². The van der Waals surface area contributed by atoms with E-state index < -0.39 is 0 Å². The molecule has 1 saturated heterocycles. The monoisotopic (exact) mass is 374 g/mol. The van der Waals surface area contributed by atoms with Crippen LogP contribution in [0.2, 0.25) is 0 Å². The lowest BCUT2D eigenvalue weighted by atomic mass is 10.1. The van der Waals surface area contributed by atoms with Crippen LogP contribution >= 0.6 is 0 Å². The van der Waals surface area contributed by atoms with E-state index >= 15 is 0 Å². The van der Waals surface area contributed by atoms with Crippen LogP contribution in [0.4, 0.5) is 23.0 Å². The predicted molar refractivity (Wildman–Crippen MR) is 116 cm³/mol. The Morgan fingerprint density at radius 3 is 2.29 bits per heavy atom. The van der Waals surface area contributed by atoms with Crippen molar-refractivity contribution < 1.29 is 0 Å². The molecular formula is C22H26N6. The predicted octanol–water partition coefficient (Wildman–Crippen LogP) is 3.31. The maximum Gasteiger partial charge on any atom is 0.157 e. The van der Waals surface area contributed by atoms with E-state index in [0.29, 0.717) is 18.1 Å². The zero-order valence-electron chi connectivity index (χ0n) is 16.2. The molecule has 144 valence electrons. The number of nitrogens with zero attached hydrogens (tertiary/aromatic N) is 4. The van der Waals surface area contributed by atoms with Crippen LogP contribution in [-0.4, -0.2) is 36.1 Å². The van der Waals surface area contributed by atoms with Gasteiger partial charge >= 0.3 is 0 Å². The van der Waals surface area contributed by atoms with Crippen LogP contribution in [0.15, 0.2) is 60.9 Å². The summed E-state index contributed by atoms with van der Waals surface area (Å²) in [7, 11) is 0. The molecule has 6 heteroatoms. The molecule has 3 N–H and O–H groups in total. The Balaban J connectivity index is 1.41. The van der Waals surface area contributed by atoms with Crippen molar-refractivity contribution in [2.45, 2.75) is 13.5 Å². The maximum atomic E-state index is 6.41. The summed E-state index contributed by atoms with van der Waals surface area (Å²) in [5.74, 6) is 1.50. The number of aryl methyl sites for hydroxylation is 1. The van der Waals surface area contributed by atoms with E-state index in [2.05, 4.69) is 80.5 Å². The Morgan fingerprint density at radius 2 is 1.57 bits per heavy atom. The van der Waals surface area contributed by atoms with E-state index in [4.69, 9.17) is 5.73 Å². The Hall–Kier alpha value is -3.28. The van der Waals surface area contributed by atoms with Crippen LogP contribution in [0.3, 0.4) is 0 Å². The average Bonchev–Trinajstić information content (AvgIpc) is 2.75. The average molecular weight is 374 g/mol. The Bertz CT molecular complexity index is 902. The number of para-hydroxylation sites is 1. The number of benzene rings is 2. The molecule has 28 heavy (non-hydrogen) atoms. The third-order valence-corrected chi connectivity index (χ3v) is 5.14. The first-order valence-corrected chi connectivity index (χ1v) is 9.65. The summed E-state index contributed by atoms with van der Waals surface area (Å²) in [5.41, 5.74) is 10.7. The van der Waals surface area contributed by atoms with E-state index in [-0.39, 0.29) is 0 Å². The highest BCUT2D eigenvalue weighted by Crippen LogP contribution is 2.28. The minimum absolute atomic E-state index is 0.614. The number of rotatable bonds is 5. The van der Waals surface area contributed by atoms with Gasteiger partial charge in [-0.2, -0.15) is 0 Å². The minimum Gasteiger partial charge on any atom is -0.393 e. The van der Waals surface area contributed by atoms with Crippen LogP contribution in [0.25, 0.3) is 0 Å². The summed E-state index contributed by atoms with van der Waals surface area (Å²) >= 11 is 0. The van der Waals surface area contributed by atoms with Crippen LogP contribution in [0, 0.1) is 6.92 Å². The summed E-state index contributed by atoms with van der Waals surface area (Å²) in [5, 5.41) is 3.35. The summed E-state index contributed by atoms with van der Waals surface area (Å²) in [6.45, 7) is 6.42. The second kappa shape index (κ2) is 8.17. The number of nitrogens with two attached hydrogens (primary N) is 1. The highest BCUT2D eigenvalue weighted by Gasteiger charge is 2.21. The molecule has 1 fully saturated rings. The zero-order chi connectivity index (χ0) is 19.3. The Kier molecular flexibility index (Phi) is 5.28. The first kappa shape index (κ1) is 18.1. The molecule has 0 radical (unpaired) electrons. The fraction of sp³-hybridized carbons (Fsp3) is 0.273. The molecule has 3 aromatic rings. The summed E-state index contributed by atoms with van der Waals surface area (Å²) < 4.78 is 0. The van der Waals surface area contributed by atoms with Crippen molar-refractivity contribution in [1.29, 1.82) is 0 Å². The first-order valence-electron chi connectivity index (χ1n) is 9.65. The third-order valence-electron chi connectivity index (χ3n) is 5.14. The van der Waals surface area contributed by atoms with Gasteiger partial charge in [-0.05, 0) is 24.6 Å². The van der Waals surface area contributed by atoms with Crippen LogP contribution in [-0.2, 0) is 6.54 Å². The highest BCUT2D eigenvalue weighted by atomic mass is 15.3. The zero-order valence-corrected chi connectivity index (χ0v) is 16.2. The van der Waals surface area contributed by atoms with Crippen molar-refractivity contribution in [3.05, 3.63) is 72.1 Å². The number of hydrogen-bond acceptors (Lipinski definition) is 6. The molecule has 0 saturated carbocycles. The van der Waals surface area contributed by atoms with Gasteiger partial charge in [0.15, 0.2) is 11.6 Å². The Labute approximate surface area is 166 Å². The molecule has 0 bridgehead atoms. The van der Waals surface area contributed by atoms with Crippen LogP contribution in [0.5, 0.6) is 0 Å². The number of anilines is 4. The van der Waals surface area contributed by atoms with E-state index in [1.807, 2.05) is 6.07 Å². The second-order valence-corrected chi connectivity index (χ2v) is 7.11. The van der Waals surface area contributed by atoms with Crippen molar-refractivity contribution in [3.8, 4) is 0 Å². The molecule has 1 aliphatic heterocycles. The molecule has 2 heterocycles. The maximum absolute atomic E-state index is 6.41. The summed E-state index contributed by atoms with van der Waals surface area (Å²) in [6.07, 6.45) is 1.59. The molecule has 0 atom stereocenters. The van der Waals surface area contributed by atoms with Crippen molar-refractivity contribution in [1.82, 2.24) is 9.97 Å². The van der Waals surface area contributed by atoms with E-state index in [1.165, 1.54) is 16.8 Å². The summed E-state index contributed by atoms with van der Waals surface area (Å²) in [6, 6.07) is 19.0. The fourth-order valence-corrected chi connectivity index (χ4v) is 3.49. The molecule has 0 amide bonds. The molecule has 6 nitrogen and oxygen atoms in total. The molecule has 2 aromatic carbocycles. The number of hydrogen-bond donors (Lipinski definition) is 2. The quantitative estimate of drug-likeness (QED) is 0.714. The number of nitrogens with one attached hydrogen (secondary N) is 1. The van der Waals surface area contributed by atoms with Crippen molar-refractivity contribution in [2.75, 3.05) is 47.0 Å². The first-order chi connectivity index (χ1) is 13.7. The van der Waals surface area contributed by atoms with Gasteiger partial charge in [-0.3, -0.25) is 0 Å². The van der Waals surface area contributed by atoms with Gasteiger partial charge in [0.05, 0.1) is 0 Å². The molecule has 4 rings (SSSR count). The number of nitrogen functional groups attached to an aromatic ring is 1. The van der Waals surface area contributed by atoms with Gasteiger partial charge in [-0.1, -0.05) is 48.0 Å². The van der Waals surface area contributed by atoms with Crippen molar-refractivity contribution in [2.24, 2.45) is 0 Å². The fourth-order valence-electron chi connectivity index (χ4n) is 3.49. The lowest BCUT2D eigenvalue weighted by molar-refractivity contribution is 0.647. The lowest BCUT2D eigenvalue weighted by Crippen LogP contribution is -2.47. The van der Waals surface area contributed by atoms with Gasteiger partial charge in [0.2, 0.25) is 0 Å². The van der Waals surface area contributed by atoms with E-state index in [9.17, 15) is 0 Å². The molecular weight excluding hydrogens is 348 g/mol. The van der Waals surface area contributed by atoms with E-state index in [0.717, 1.165) is 32.0 Å². The molecule has 1 aliphatic rings. The largest absolute Gasteiger partial charge is 0.393 e. The smallest absolute Gasteiger partial charge is 0.157 e. The van der Waals surface area contributed by atoms with Gasteiger partial charge in [-0.15, -0.1) is 0 Å². The number of aromatic nitrogens is 2. The normalized spacial score (nSPS) is 14.2. The second-order valence-electron chi connectivity index (χ2n) is 7.11. The standard InChI is InChI=1S/C22H26N6/c1-17-7-9-18(10-8-17)15-24-21-20(23)22(26-16-25-21)28-13-11-27(12-14-28)19-5-3-2-4-6-19/h2-10,16H,11-15,23H2,1H3,(H,24,25,26). The highest BCUT2D eigenvalue weighted by molar-refractivity contribution is 5.75.